The van der Waals surface area contributed by atoms with E-state index in [9.17, 15) is 0 Å². The molecule has 160 valence electrons. The molecule has 0 aromatic carbocycles. The maximum Gasteiger partial charge on any atom is 0.0373 e. The molecule has 0 aromatic rings. The van der Waals surface area contributed by atoms with E-state index in [4.69, 9.17) is 11.6 Å². The molecule has 0 aliphatic heterocycles. The van der Waals surface area contributed by atoms with Crippen molar-refractivity contribution in [1.82, 2.24) is 0 Å². The largest absolute Gasteiger partial charge is 0.123 e. The van der Waals surface area contributed by atoms with E-state index in [1.54, 1.807) is 5.57 Å². The minimum atomic E-state index is 0.396. The smallest absolute Gasteiger partial charge is 0.0373 e. The normalized spacial score (nSPS) is 46.5. The van der Waals surface area contributed by atoms with Crippen molar-refractivity contribution in [2.75, 3.05) is 0 Å². The highest BCUT2D eigenvalue weighted by Crippen LogP contribution is 2.67. The Bertz CT molecular complexity index is 591. The molecule has 0 amide bonds. The van der Waals surface area contributed by atoms with Gasteiger partial charge in [-0.25, -0.2) is 0 Å². The Morgan fingerprint density at radius 1 is 1.00 bits per heavy atom. The third-order valence-electron chi connectivity index (χ3n) is 10.2. The summed E-state index contributed by atoms with van der Waals surface area (Å²) in [4.78, 5) is 0. The van der Waals surface area contributed by atoms with Crippen molar-refractivity contribution >= 4 is 11.6 Å². The van der Waals surface area contributed by atoms with Crippen molar-refractivity contribution in [3.05, 3.63) is 11.6 Å². The fourth-order valence-electron chi connectivity index (χ4n) is 8.64. The minimum absolute atomic E-state index is 0.396. The zero-order valence-corrected chi connectivity index (χ0v) is 20.0. The third-order valence-corrected chi connectivity index (χ3v) is 10.6. The van der Waals surface area contributed by atoms with E-state index in [0.29, 0.717) is 16.2 Å². The van der Waals surface area contributed by atoms with Crippen LogP contribution in [0.2, 0.25) is 0 Å². The molecular weight excluding hydrogens is 360 g/mol. The molecule has 0 aromatic heterocycles. The average molecular weight is 405 g/mol. The average Bonchev–Trinajstić information content (AvgIpc) is 2.99. The van der Waals surface area contributed by atoms with Gasteiger partial charge in [0.1, 0.15) is 0 Å². The molecule has 0 unspecified atom stereocenters. The lowest BCUT2D eigenvalue weighted by Crippen LogP contribution is -2.50. The van der Waals surface area contributed by atoms with E-state index >= 15 is 0 Å². The van der Waals surface area contributed by atoms with Gasteiger partial charge in [-0.1, -0.05) is 65.5 Å². The van der Waals surface area contributed by atoms with Crippen molar-refractivity contribution in [2.24, 2.45) is 46.3 Å². The van der Waals surface area contributed by atoms with Crippen molar-refractivity contribution < 1.29 is 0 Å². The second-order valence-electron chi connectivity index (χ2n) is 12.1. The molecule has 4 aliphatic rings. The molecule has 28 heavy (non-hydrogen) atoms. The minimum Gasteiger partial charge on any atom is -0.123 e. The van der Waals surface area contributed by atoms with Crippen molar-refractivity contribution in [3.63, 3.8) is 0 Å². The summed E-state index contributed by atoms with van der Waals surface area (Å²) in [5.41, 5.74) is 2.82. The fraction of sp³-hybridized carbons (Fsp3) is 0.926. The molecule has 0 N–H and O–H groups in total. The monoisotopic (exact) mass is 404 g/mol. The molecule has 4 aliphatic carbocycles. The molecule has 0 radical (unpaired) electrons. The maximum absolute atomic E-state index is 6.56. The summed E-state index contributed by atoms with van der Waals surface area (Å²) in [6.07, 6.45) is 18.0. The predicted molar refractivity (Wildman–Crippen MR) is 123 cm³/mol. The van der Waals surface area contributed by atoms with Gasteiger partial charge in [-0.3, -0.25) is 0 Å². The van der Waals surface area contributed by atoms with Crippen LogP contribution >= 0.6 is 11.6 Å². The Kier molecular flexibility index (Phi) is 6.03. The molecule has 4 rings (SSSR count). The summed E-state index contributed by atoms with van der Waals surface area (Å²) >= 11 is 6.56. The molecule has 1 heteroatoms. The summed E-state index contributed by atoms with van der Waals surface area (Å²) in [6.45, 7) is 12.7. The fourth-order valence-corrected chi connectivity index (χ4v) is 8.92. The highest BCUT2D eigenvalue weighted by atomic mass is 35.5. The third kappa shape index (κ3) is 3.52. The number of alkyl halides is 1. The van der Waals surface area contributed by atoms with Gasteiger partial charge in [0.15, 0.2) is 0 Å². The highest BCUT2D eigenvalue weighted by Gasteiger charge is 2.58. The Morgan fingerprint density at radius 2 is 1.79 bits per heavy atom. The van der Waals surface area contributed by atoms with Crippen molar-refractivity contribution in [1.29, 1.82) is 0 Å². The van der Waals surface area contributed by atoms with Crippen LogP contribution in [0.4, 0.5) is 0 Å². The van der Waals surface area contributed by atoms with E-state index in [0.717, 1.165) is 35.5 Å². The van der Waals surface area contributed by atoms with Crippen LogP contribution in [0, 0.1) is 46.3 Å². The Balaban J connectivity index is 1.49. The summed E-state index contributed by atoms with van der Waals surface area (Å²) in [7, 11) is 0. The molecule has 3 fully saturated rings. The van der Waals surface area contributed by atoms with Crippen molar-refractivity contribution in [2.45, 2.75) is 111 Å². The second-order valence-corrected chi connectivity index (χ2v) is 12.7. The maximum atomic E-state index is 6.56. The molecule has 3 saturated carbocycles. The number of allylic oxidation sites excluding steroid dienone is 2. The van der Waals surface area contributed by atoms with Crippen LogP contribution in [0.15, 0.2) is 11.6 Å². The second kappa shape index (κ2) is 7.94. The first-order chi connectivity index (χ1) is 13.3. The molecule has 0 nitrogen and oxygen atoms in total. The van der Waals surface area contributed by atoms with Crippen LogP contribution in [0.1, 0.15) is 105 Å². The lowest BCUT2D eigenvalue weighted by molar-refractivity contribution is -0.0498. The molecule has 0 spiro atoms. The molecule has 8 atom stereocenters. The van der Waals surface area contributed by atoms with Crippen LogP contribution in [0.5, 0.6) is 0 Å². The van der Waals surface area contributed by atoms with E-state index in [1.807, 2.05) is 0 Å². The lowest BCUT2D eigenvalue weighted by atomic mass is 9.47. The summed E-state index contributed by atoms with van der Waals surface area (Å²) in [5, 5.41) is 0.396. The van der Waals surface area contributed by atoms with E-state index < -0.39 is 0 Å². The van der Waals surface area contributed by atoms with E-state index in [2.05, 4.69) is 40.7 Å². The van der Waals surface area contributed by atoms with Gasteiger partial charge in [0.05, 0.1) is 0 Å². The molecule has 0 bridgehead atoms. The predicted octanol–water partition coefficient (Wildman–Crippen LogP) is 8.64. The number of hydrogen-bond donors (Lipinski definition) is 0. The van der Waals surface area contributed by atoms with Crippen LogP contribution in [-0.4, -0.2) is 5.38 Å². The van der Waals surface area contributed by atoms with E-state index in [1.165, 1.54) is 70.6 Å². The van der Waals surface area contributed by atoms with Crippen LogP contribution in [0.25, 0.3) is 0 Å². The van der Waals surface area contributed by atoms with Crippen LogP contribution in [-0.2, 0) is 0 Å². The number of rotatable bonds is 5. The number of fused-ring (bicyclic) bond motifs is 5. The first-order valence-corrected chi connectivity index (χ1v) is 13.0. The van der Waals surface area contributed by atoms with Crippen molar-refractivity contribution in [3.8, 4) is 0 Å². The van der Waals surface area contributed by atoms with Gasteiger partial charge in [-0.05, 0) is 97.7 Å². The Morgan fingerprint density at radius 3 is 2.54 bits per heavy atom. The van der Waals surface area contributed by atoms with Gasteiger partial charge in [0.25, 0.3) is 0 Å². The highest BCUT2D eigenvalue weighted by molar-refractivity contribution is 6.20. The standard InChI is InChI=1S/C27H45Cl/c1-18(2)7-6-8-19(3)23-11-12-24-22-10-9-20-17-21(28)13-15-26(20,4)25(22)14-16-27(23,24)5/h9,18-19,21-25H,6-8,10-17H2,1-5H3/t19-,21+,22-,23+,24+,25+,26-,27+/m0/s1. The number of halogens is 1. The van der Waals surface area contributed by atoms with Gasteiger partial charge < -0.3 is 0 Å². The molecular formula is C27H45Cl. The Hall–Kier alpha value is 0.0300. The summed E-state index contributed by atoms with van der Waals surface area (Å²) < 4.78 is 0. The SMILES string of the molecule is CC(C)CCC[C@H](C)[C@H]1CC[C@@H]2[C@@H]3CC=C4C[C@H](Cl)CC[C@]4(C)[C@@H]3CC[C@@]21C. The van der Waals surface area contributed by atoms with Crippen LogP contribution < -0.4 is 0 Å². The number of hydrogen-bond acceptors (Lipinski definition) is 0. The van der Waals surface area contributed by atoms with Gasteiger partial charge in [-0.15, -0.1) is 11.6 Å². The summed E-state index contributed by atoms with van der Waals surface area (Å²) in [5.74, 6) is 5.62. The van der Waals surface area contributed by atoms with Gasteiger partial charge in [0.2, 0.25) is 0 Å². The first kappa shape index (κ1) is 21.3. The van der Waals surface area contributed by atoms with Gasteiger partial charge in [-0.2, -0.15) is 0 Å². The van der Waals surface area contributed by atoms with Crippen LogP contribution in [0.3, 0.4) is 0 Å². The van der Waals surface area contributed by atoms with Gasteiger partial charge >= 0.3 is 0 Å². The first-order valence-electron chi connectivity index (χ1n) is 12.6. The molecule has 0 heterocycles. The zero-order valence-electron chi connectivity index (χ0n) is 19.3. The lowest BCUT2D eigenvalue weighted by Gasteiger charge is -2.58. The van der Waals surface area contributed by atoms with Gasteiger partial charge in [0, 0.05) is 5.38 Å². The quantitative estimate of drug-likeness (QED) is 0.317. The Labute approximate surface area is 180 Å². The zero-order chi connectivity index (χ0) is 20.1. The van der Waals surface area contributed by atoms with E-state index in [-0.39, 0.29) is 0 Å². The summed E-state index contributed by atoms with van der Waals surface area (Å²) in [6, 6.07) is 0. The topological polar surface area (TPSA) is 0 Å². The molecule has 0 saturated heterocycles.